The van der Waals surface area contributed by atoms with Crippen molar-refractivity contribution in [3.05, 3.63) is 29.8 Å². The van der Waals surface area contributed by atoms with Crippen LogP contribution in [0, 0.1) is 0 Å². The molecule has 1 aromatic rings. The summed E-state index contributed by atoms with van der Waals surface area (Å²) >= 11 is 0. The van der Waals surface area contributed by atoms with Gasteiger partial charge in [0.25, 0.3) is 0 Å². The molecular weight excluding hydrogens is 316 g/mol. The Kier molecular flexibility index (Phi) is 8.01. The molecule has 140 valence electrons. The molecule has 0 amide bonds. The summed E-state index contributed by atoms with van der Waals surface area (Å²) in [5.74, 6) is 1.83. The van der Waals surface area contributed by atoms with Crippen molar-refractivity contribution in [1.82, 2.24) is 15.1 Å². The SMILES string of the molecule is CCNC(=NCC(C)N1CCOCC1)N(C)Cc1ccccc1OC. The molecule has 1 fully saturated rings. The third kappa shape index (κ3) is 5.90. The second-order valence-electron chi connectivity index (χ2n) is 6.36. The number of benzene rings is 1. The first kappa shape index (κ1) is 19.5. The molecule has 1 heterocycles. The van der Waals surface area contributed by atoms with Crippen LogP contribution >= 0.6 is 0 Å². The summed E-state index contributed by atoms with van der Waals surface area (Å²) < 4.78 is 10.9. The largest absolute Gasteiger partial charge is 0.496 e. The highest BCUT2D eigenvalue weighted by molar-refractivity contribution is 5.79. The number of methoxy groups -OCH3 is 1. The van der Waals surface area contributed by atoms with Gasteiger partial charge in [-0.15, -0.1) is 0 Å². The van der Waals surface area contributed by atoms with Crippen LogP contribution in [0.25, 0.3) is 0 Å². The smallest absolute Gasteiger partial charge is 0.194 e. The molecule has 0 aliphatic carbocycles. The van der Waals surface area contributed by atoms with Crippen LogP contribution in [0.3, 0.4) is 0 Å². The Labute approximate surface area is 151 Å². The monoisotopic (exact) mass is 348 g/mol. The fourth-order valence-corrected chi connectivity index (χ4v) is 2.99. The Morgan fingerprint density at radius 3 is 2.76 bits per heavy atom. The molecule has 25 heavy (non-hydrogen) atoms. The average Bonchev–Trinajstić information content (AvgIpc) is 2.65. The molecule has 0 aromatic heterocycles. The number of para-hydroxylation sites is 1. The molecule has 1 unspecified atom stereocenters. The summed E-state index contributed by atoms with van der Waals surface area (Å²) in [5.41, 5.74) is 1.15. The maximum atomic E-state index is 5.46. The number of ether oxygens (including phenoxy) is 2. The number of nitrogens with one attached hydrogen (secondary N) is 1. The Bertz CT molecular complexity index is 544. The van der Waals surface area contributed by atoms with Gasteiger partial charge in [-0.1, -0.05) is 18.2 Å². The van der Waals surface area contributed by atoms with E-state index in [0.29, 0.717) is 6.04 Å². The number of morpholine rings is 1. The van der Waals surface area contributed by atoms with E-state index in [0.717, 1.165) is 63.2 Å². The number of hydrogen-bond donors (Lipinski definition) is 1. The van der Waals surface area contributed by atoms with E-state index in [1.807, 2.05) is 18.2 Å². The molecule has 1 aliphatic heterocycles. The van der Waals surface area contributed by atoms with Gasteiger partial charge in [-0.25, -0.2) is 0 Å². The zero-order valence-electron chi connectivity index (χ0n) is 16.0. The van der Waals surface area contributed by atoms with Gasteiger partial charge in [-0.05, 0) is 19.9 Å². The highest BCUT2D eigenvalue weighted by Crippen LogP contribution is 2.18. The van der Waals surface area contributed by atoms with Crippen LogP contribution in [0.1, 0.15) is 19.4 Å². The van der Waals surface area contributed by atoms with E-state index in [1.54, 1.807) is 7.11 Å². The fraction of sp³-hybridized carbons (Fsp3) is 0.632. The maximum Gasteiger partial charge on any atom is 0.194 e. The minimum absolute atomic E-state index is 0.414. The minimum atomic E-state index is 0.414. The molecular formula is C19H32N4O2. The van der Waals surface area contributed by atoms with Crippen molar-refractivity contribution in [3.8, 4) is 5.75 Å². The summed E-state index contributed by atoms with van der Waals surface area (Å²) in [4.78, 5) is 9.44. The Hall–Kier alpha value is -1.79. The molecule has 1 N–H and O–H groups in total. The van der Waals surface area contributed by atoms with Gasteiger partial charge in [0.05, 0.1) is 26.9 Å². The molecule has 0 spiro atoms. The predicted molar refractivity (Wildman–Crippen MR) is 102 cm³/mol. The van der Waals surface area contributed by atoms with Gasteiger partial charge in [0.1, 0.15) is 5.75 Å². The van der Waals surface area contributed by atoms with Crippen molar-refractivity contribution in [2.75, 3.05) is 53.6 Å². The predicted octanol–water partition coefficient (Wildman–Crippen LogP) is 1.81. The first-order chi connectivity index (χ1) is 12.2. The molecule has 1 aliphatic rings. The topological polar surface area (TPSA) is 49.3 Å². The van der Waals surface area contributed by atoms with Crippen molar-refractivity contribution in [2.45, 2.75) is 26.4 Å². The Balaban J connectivity index is 1.99. The van der Waals surface area contributed by atoms with Gasteiger partial charge in [-0.3, -0.25) is 9.89 Å². The number of hydrogen-bond acceptors (Lipinski definition) is 4. The summed E-state index contributed by atoms with van der Waals surface area (Å²) in [6.45, 7) is 10.3. The van der Waals surface area contributed by atoms with Gasteiger partial charge in [0.2, 0.25) is 0 Å². The lowest BCUT2D eigenvalue weighted by Gasteiger charge is -2.32. The summed E-state index contributed by atoms with van der Waals surface area (Å²) in [6.07, 6.45) is 0. The number of rotatable bonds is 7. The van der Waals surface area contributed by atoms with E-state index in [-0.39, 0.29) is 0 Å². The third-order valence-electron chi connectivity index (χ3n) is 4.47. The first-order valence-corrected chi connectivity index (χ1v) is 9.08. The molecule has 1 aromatic carbocycles. The van der Waals surface area contributed by atoms with E-state index in [1.165, 1.54) is 0 Å². The molecule has 0 saturated carbocycles. The molecule has 0 bridgehead atoms. The van der Waals surface area contributed by atoms with Crippen LogP contribution in [0.5, 0.6) is 5.75 Å². The molecule has 1 saturated heterocycles. The Morgan fingerprint density at radius 1 is 1.36 bits per heavy atom. The lowest BCUT2D eigenvalue weighted by molar-refractivity contribution is 0.0220. The van der Waals surface area contributed by atoms with Crippen LogP contribution in [0.15, 0.2) is 29.3 Å². The minimum Gasteiger partial charge on any atom is -0.496 e. The lowest BCUT2D eigenvalue weighted by atomic mass is 10.2. The van der Waals surface area contributed by atoms with Crippen LogP contribution in [0.2, 0.25) is 0 Å². The highest BCUT2D eigenvalue weighted by atomic mass is 16.5. The molecule has 0 radical (unpaired) electrons. The standard InChI is InChI=1S/C19H32N4O2/c1-5-20-19(21-14-16(2)23-10-12-25-13-11-23)22(3)15-17-8-6-7-9-18(17)24-4/h6-9,16H,5,10-15H2,1-4H3,(H,20,21). The summed E-state index contributed by atoms with van der Waals surface area (Å²) in [5, 5.41) is 3.39. The van der Waals surface area contributed by atoms with E-state index in [9.17, 15) is 0 Å². The number of nitrogens with zero attached hydrogens (tertiary/aromatic N) is 3. The first-order valence-electron chi connectivity index (χ1n) is 9.08. The van der Waals surface area contributed by atoms with Gasteiger partial charge < -0.3 is 19.7 Å². The van der Waals surface area contributed by atoms with Crippen LogP contribution in [-0.2, 0) is 11.3 Å². The van der Waals surface area contributed by atoms with Gasteiger partial charge in [-0.2, -0.15) is 0 Å². The van der Waals surface area contributed by atoms with Crippen LogP contribution in [-0.4, -0.2) is 75.4 Å². The van der Waals surface area contributed by atoms with E-state index < -0.39 is 0 Å². The van der Waals surface area contributed by atoms with Crippen molar-refractivity contribution in [2.24, 2.45) is 4.99 Å². The van der Waals surface area contributed by atoms with Crippen molar-refractivity contribution in [3.63, 3.8) is 0 Å². The van der Waals surface area contributed by atoms with Gasteiger partial charge in [0.15, 0.2) is 5.96 Å². The molecule has 6 heteroatoms. The summed E-state index contributed by atoms with van der Waals surface area (Å²) in [7, 11) is 3.77. The Morgan fingerprint density at radius 2 is 2.08 bits per heavy atom. The second kappa shape index (κ2) is 10.3. The molecule has 1 atom stereocenters. The zero-order chi connectivity index (χ0) is 18.1. The normalized spacial score (nSPS) is 17.2. The highest BCUT2D eigenvalue weighted by Gasteiger charge is 2.17. The van der Waals surface area contributed by atoms with Crippen molar-refractivity contribution in [1.29, 1.82) is 0 Å². The number of guanidine groups is 1. The van der Waals surface area contributed by atoms with Crippen LogP contribution < -0.4 is 10.1 Å². The zero-order valence-corrected chi connectivity index (χ0v) is 16.0. The summed E-state index contributed by atoms with van der Waals surface area (Å²) in [6, 6.07) is 8.53. The third-order valence-corrected chi connectivity index (χ3v) is 4.47. The lowest BCUT2D eigenvalue weighted by Crippen LogP contribution is -2.44. The quantitative estimate of drug-likeness (QED) is 0.602. The van der Waals surface area contributed by atoms with E-state index in [2.05, 4.69) is 42.1 Å². The second-order valence-corrected chi connectivity index (χ2v) is 6.36. The van der Waals surface area contributed by atoms with Gasteiger partial charge in [0, 0.05) is 44.8 Å². The molecule has 2 rings (SSSR count). The maximum absolute atomic E-state index is 5.46. The van der Waals surface area contributed by atoms with E-state index >= 15 is 0 Å². The van der Waals surface area contributed by atoms with Gasteiger partial charge >= 0.3 is 0 Å². The van der Waals surface area contributed by atoms with E-state index in [4.69, 9.17) is 14.5 Å². The van der Waals surface area contributed by atoms with Crippen molar-refractivity contribution < 1.29 is 9.47 Å². The number of aliphatic imine (C=N–C) groups is 1. The van der Waals surface area contributed by atoms with Crippen molar-refractivity contribution >= 4 is 5.96 Å². The molecule has 6 nitrogen and oxygen atoms in total. The average molecular weight is 348 g/mol. The van der Waals surface area contributed by atoms with Crippen LogP contribution in [0.4, 0.5) is 0 Å². The fourth-order valence-electron chi connectivity index (χ4n) is 2.99.